The normalized spacial score (nSPS) is 11.7. The Hall–Kier alpha value is -1.62. The highest BCUT2D eigenvalue weighted by atomic mass is 35.5. The van der Waals surface area contributed by atoms with Crippen LogP contribution in [0.15, 0.2) is 12.3 Å². The standard InChI is InChI=1S/C13H18ClN5/c1-8-10(14)16-12(13(2,3)4)17-11(8)15-9-6-7-19(5)18-9/h6-7H,1-5H3,(H,15,16,17,18). The van der Waals surface area contributed by atoms with E-state index in [1.807, 2.05) is 26.2 Å². The lowest BCUT2D eigenvalue weighted by Crippen LogP contribution is -2.17. The predicted octanol–water partition coefficient (Wildman–Crippen LogP) is 3.21. The van der Waals surface area contributed by atoms with E-state index in [2.05, 4.69) is 41.2 Å². The van der Waals surface area contributed by atoms with Crippen LogP contribution < -0.4 is 5.32 Å². The number of halogens is 1. The van der Waals surface area contributed by atoms with Crippen LogP contribution in [0.1, 0.15) is 32.2 Å². The van der Waals surface area contributed by atoms with Gasteiger partial charge in [-0.3, -0.25) is 4.68 Å². The lowest BCUT2D eigenvalue weighted by Gasteiger charge is -2.19. The molecule has 0 aromatic carbocycles. The summed E-state index contributed by atoms with van der Waals surface area (Å²) < 4.78 is 1.73. The number of hydrogen-bond acceptors (Lipinski definition) is 4. The summed E-state index contributed by atoms with van der Waals surface area (Å²) in [6.07, 6.45) is 1.87. The zero-order valence-corrected chi connectivity index (χ0v) is 12.6. The van der Waals surface area contributed by atoms with Gasteiger partial charge < -0.3 is 5.32 Å². The van der Waals surface area contributed by atoms with E-state index in [9.17, 15) is 0 Å². The Kier molecular flexibility index (Phi) is 3.49. The van der Waals surface area contributed by atoms with Crippen LogP contribution in [0.4, 0.5) is 11.6 Å². The zero-order valence-electron chi connectivity index (χ0n) is 11.8. The average Bonchev–Trinajstić information content (AvgIpc) is 2.69. The molecule has 0 saturated heterocycles. The monoisotopic (exact) mass is 279 g/mol. The first kappa shape index (κ1) is 13.8. The minimum atomic E-state index is -0.155. The van der Waals surface area contributed by atoms with E-state index in [4.69, 9.17) is 11.6 Å². The van der Waals surface area contributed by atoms with E-state index < -0.39 is 0 Å². The minimum Gasteiger partial charge on any atom is -0.323 e. The third kappa shape index (κ3) is 3.04. The molecule has 5 nitrogen and oxygen atoms in total. The Morgan fingerprint density at radius 2 is 1.95 bits per heavy atom. The van der Waals surface area contributed by atoms with Gasteiger partial charge in [0.25, 0.3) is 0 Å². The zero-order chi connectivity index (χ0) is 14.2. The van der Waals surface area contributed by atoms with Crippen LogP contribution in [0.25, 0.3) is 0 Å². The third-order valence-corrected chi connectivity index (χ3v) is 3.09. The Bertz CT molecular complexity index is 598. The van der Waals surface area contributed by atoms with Crippen LogP contribution in [0.3, 0.4) is 0 Å². The topological polar surface area (TPSA) is 55.6 Å². The maximum absolute atomic E-state index is 6.18. The van der Waals surface area contributed by atoms with Crippen LogP contribution >= 0.6 is 11.6 Å². The number of aryl methyl sites for hydroxylation is 1. The van der Waals surface area contributed by atoms with Gasteiger partial charge in [0.05, 0.1) is 0 Å². The summed E-state index contributed by atoms with van der Waals surface area (Å²) in [5.41, 5.74) is 0.665. The first-order chi connectivity index (χ1) is 8.77. The van der Waals surface area contributed by atoms with Crippen molar-refractivity contribution >= 4 is 23.2 Å². The molecule has 2 aromatic rings. The van der Waals surface area contributed by atoms with Crippen molar-refractivity contribution in [2.45, 2.75) is 33.1 Å². The van der Waals surface area contributed by atoms with Gasteiger partial charge in [-0.05, 0) is 6.92 Å². The Labute approximate surface area is 118 Å². The average molecular weight is 280 g/mol. The summed E-state index contributed by atoms with van der Waals surface area (Å²) in [7, 11) is 1.87. The van der Waals surface area contributed by atoms with Crippen LogP contribution in [0, 0.1) is 6.92 Å². The van der Waals surface area contributed by atoms with Crippen molar-refractivity contribution in [3.63, 3.8) is 0 Å². The molecule has 2 heterocycles. The van der Waals surface area contributed by atoms with Gasteiger partial charge in [0, 0.05) is 30.3 Å². The summed E-state index contributed by atoms with van der Waals surface area (Å²) in [5, 5.41) is 7.92. The highest BCUT2D eigenvalue weighted by molar-refractivity contribution is 6.30. The molecule has 2 rings (SSSR count). The van der Waals surface area contributed by atoms with Crippen LogP contribution in [0.2, 0.25) is 5.15 Å². The molecule has 0 fully saturated rings. The molecule has 0 atom stereocenters. The van der Waals surface area contributed by atoms with Crippen molar-refractivity contribution < 1.29 is 0 Å². The summed E-state index contributed by atoms with van der Waals surface area (Å²) in [6, 6.07) is 1.88. The second-order valence-corrected chi connectivity index (χ2v) is 5.92. The van der Waals surface area contributed by atoms with Crippen molar-refractivity contribution in [2.24, 2.45) is 7.05 Å². The SMILES string of the molecule is Cc1c(Cl)nc(C(C)(C)C)nc1Nc1ccn(C)n1. The highest BCUT2D eigenvalue weighted by Gasteiger charge is 2.20. The van der Waals surface area contributed by atoms with Gasteiger partial charge in [-0.25, -0.2) is 9.97 Å². The van der Waals surface area contributed by atoms with E-state index >= 15 is 0 Å². The molecule has 0 spiro atoms. The molecule has 2 aromatic heterocycles. The van der Waals surface area contributed by atoms with Gasteiger partial charge in [-0.1, -0.05) is 32.4 Å². The van der Waals surface area contributed by atoms with E-state index in [1.54, 1.807) is 4.68 Å². The lowest BCUT2D eigenvalue weighted by molar-refractivity contribution is 0.545. The Balaban J connectivity index is 2.41. The maximum Gasteiger partial charge on any atom is 0.153 e. The van der Waals surface area contributed by atoms with Gasteiger partial charge in [0.2, 0.25) is 0 Å². The van der Waals surface area contributed by atoms with Crippen LogP contribution in [-0.4, -0.2) is 19.7 Å². The summed E-state index contributed by atoms with van der Waals surface area (Å²) in [4.78, 5) is 8.89. The summed E-state index contributed by atoms with van der Waals surface area (Å²) in [5.74, 6) is 2.14. The van der Waals surface area contributed by atoms with Gasteiger partial charge in [-0.2, -0.15) is 5.10 Å². The lowest BCUT2D eigenvalue weighted by atomic mass is 9.95. The molecule has 0 saturated carbocycles. The molecule has 19 heavy (non-hydrogen) atoms. The molecular formula is C13H18ClN5. The molecule has 0 amide bonds. The summed E-state index contributed by atoms with van der Waals surface area (Å²) in [6.45, 7) is 8.05. The second-order valence-electron chi connectivity index (χ2n) is 5.56. The van der Waals surface area contributed by atoms with Crippen molar-refractivity contribution in [3.05, 3.63) is 28.8 Å². The number of anilines is 2. The molecule has 102 valence electrons. The summed E-state index contributed by atoms with van der Waals surface area (Å²) >= 11 is 6.18. The number of hydrogen-bond donors (Lipinski definition) is 1. The van der Waals surface area contributed by atoms with Crippen LogP contribution in [-0.2, 0) is 12.5 Å². The van der Waals surface area contributed by atoms with Gasteiger partial charge in [-0.15, -0.1) is 0 Å². The molecule has 0 aliphatic carbocycles. The Morgan fingerprint density at radius 3 is 2.47 bits per heavy atom. The first-order valence-electron chi connectivity index (χ1n) is 6.08. The predicted molar refractivity (Wildman–Crippen MR) is 77.0 cm³/mol. The first-order valence-corrected chi connectivity index (χ1v) is 6.46. The molecule has 0 aliphatic rings. The number of rotatable bonds is 2. The molecule has 0 aliphatic heterocycles. The smallest absolute Gasteiger partial charge is 0.153 e. The minimum absolute atomic E-state index is 0.155. The molecular weight excluding hydrogens is 262 g/mol. The van der Waals surface area contributed by atoms with Crippen LogP contribution in [0.5, 0.6) is 0 Å². The fourth-order valence-electron chi connectivity index (χ4n) is 1.55. The highest BCUT2D eigenvalue weighted by Crippen LogP contribution is 2.27. The van der Waals surface area contributed by atoms with Gasteiger partial charge in [0.15, 0.2) is 5.82 Å². The fourth-order valence-corrected chi connectivity index (χ4v) is 1.72. The number of aromatic nitrogens is 4. The van der Waals surface area contributed by atoms with Crippen molar-refractivity contribution in [1.29, 1.82) is 0 Å². The van der Waals surface area contributed by atoms with Gasteiger partial charge in [0.1, 0.15) is 16.8 Å². The largest absolute Gasteiger partial charge is 0.323 e. The van der Waals surface area contributed by atoms with E-state index in [-0.39, 0.29) is 5.41 Å². The van der Waals surface area contributed by atoms with E-state index in [0.29, 0.717) is 16.8 Å². The maximum atomic E-state index is 6.18. The van der Waals surface area contributed by atoms with E-state index in [0.717, 1.165) is 11.4 Å². The molecule has 0 unspecified atom stereocenters. The Morgan fingerprint density at radius 1 is 1.26 bits per heavy atom. The van der Waals surface area contributed by atoms with Crippen molar-refractivity contribution in [2.75, 3.05) is 5.32 Å². The molecule has 6 heteroatoms. The quantitative estimate of drug-likeness (QED) is 0.858. The second kappa shape index (κ2) is 4.81. The molecule has 0 radical (unpaired) electrons. The molecule has 0 bridgehead atoms. The fraction of sp³-hybridized carbons (Fsp3) is 0.462. The van der Waals surface area contributed by atoms with Crippen molar-refractivity contribution in [1.82, 2.24) is 19.7 Å². The van der Waals surface area contributed by atoms with Crippen molar-refractivity contribution in [3.8, 4) is 0 Å². The van der Waals surface area contributed by atoms with E-state index in [1.165, 1.54) is 0 Å². The number of nitrogens with one attached hydrogen (secondary N) is 1. The number of nitrogens with zero attached hydrogens (tertiary/aromatic N) is 4. The third-order valence-electron chi connectivity index (χ3n) is 2.72. The molecule has 1 N–H and O–H groups in total. The van der Waals surface area contributed by atoms with Gasteiger partial charge >= 0.3 is 0 Å².